The molecule has 0 N–H and O–H groups in total. The Hall–Kier alpha value is -1.57. The summed E-state index contributed by atoms with van der Waals surface area (Å²) in [4.78, 5) is 4.76. The number of hydrogen-bond donors (Lipinski definition) is 0. The Morgan fingerprint density at radius 1 is 1.35 bits per heavy atom. The molecule has 0 atom stereocenters. The number of nitriles is 1. The van der Waals surface area contributed by atoms with E-state index in [9.17, 15) is 0 Å². The third kappa shape index (κ3) is 3.50. The number of benzene rings is 1. The van der Waals surface area contributed by atoms with Crippen molar-refractivity contribution < 1.29 is 4.74 Å². The van der Waals surface area contributed by atoms with Gasteiger partial charge in [0.25, 0.3) is 0 Å². The molecule has 1 aliphatic heterocycles. The van der Waals surface area contributed by atoms with E-state index in [0.29, 0.717) is 11.6 Å². The molecule has 0 spiro atoms. The van der Waals surface area contributed by atoms with Crippen molar-refractivity contribution in [2.24, 2.45) is 0 Å². The second-order valence-corrected chi connectivity index (χ2v) is 5.61. The summed E-state index contributed by atoms with van der Waals surface area (Å²) in [7, 11) is 5.99. The molecule has 0 unspecified atom stereocenters. The molecule has 4 nitrogen and oxygen atoms in total. The van der Waals surface area contributed by atoms with Crippen LogP contribution in [0.15, 0.2) is 18.2 Å². The summed E-state index contributed by atoms with van der Waals surface area (Å²) in [5.74, 6) is 0.874. The van der Waals surface area contributed by atoms with Crippen LogP contribution in [0, 0.1) is 11.3 Å². The molecule has 1 heterocycles. The summed E-state index contributed by atoms with van der Waals surface area (Å²) in [6, 6.07) is 8.53. The molecule has 2 rings (SSSR count). The van der Waals surface area contributed by atoms with Gasteiger partial charge in [-0.15, -0.1) is 0 Å². The molecule has 1 aromatic carbocycles. The summed E-state index contributed by atoms with van der Waals surface area (Å²) in [6.07, 6.45) is 2.40. The van der Waals surface area contributed by atoms with Gasteiger partial charge in [-0.1, -0.05) is 0 Å². The monoisotopic (exact) mass is 273 g/mol. The van der Waals surface area contributed by atoms with Crippen LogP contribution in [0.1, 0.15) is 24.0 Å². The van der Waals surface area contributed by atoms with E-state index in [0.717, 1.165) is 30.9 Å². The van der Waals surface area contributed by atoms with E-state index in [-0.39, 0.29) is 0 Å². The van der Waals surface area contributed by atoms with Gasteiger partial charge in [0.05, 0.1) is 18.7 Å². The molecule has 1 aromatic rings. The van der Waals surface area contributed by atoms with Crippen LogP contribution in [0.25, 0.3) is 0 Å². The molecule has 0 bridgehead atoms. The van der Waals surface area contributed by atoms with Gasteiger partial charge in [-0.05, 0) is 58.2 Å². The highest BCUT2D eigenvalue weighted by Gasteiger charge is 2.21. The van der Waals surface area contributed by atoms with Crippen LogP contribution < -0.4 is 4.74 Å². The minimum Gasteiger partial charge on any atom is -0.496 e. The van der Waals surface area contributed by atoms with Gasteiger partial charge >= 0.3 is 0 Å². The smallest absolute Gasteiger partial charge is 0.123 e. The highest BCUT2D eigenvalue weighted by Crippen LogP contribution is 2.23. The van der Waals surface area contributed by atoms with E-state index in [2.05, 4.69) is 30.0 Å². The van der Waals surface area contributed by atoms with Gasteiger partial charge in [0, 0.05) is 18.2 Å². The lowest BCUT2D eigenvalue weighted by Crippen LogP contribution is -2.41. The van der Waals surface area contributed by atoms with Crippen LogP contribution in [0.2, 0.25) is 0 Å². The van der Waals surface area contributed by atoms with Crippen LogP contribution in [0.3, 0.4) is 0 Å². The lowest BCUT2D eigenvalue weighted by molar-refractivity contribution is 0.139. The zero-order chi connectivity index (χ0) is 14.5. The highest BCUT2D eigenvalue weighted by molar-refractivity contribution is 5.42. The Morgan fingerprint density at radius 3 is 2.60 bits per heavy atom. The molecule has 20 heavy (non-hydrogen) atoms. The van der Waals surface area contributed by atoms with E-state index >= 15 is 0 Å². The Balaban J connectivity index is 2.02. The van der Waals surface area contributed by atoms with Gasteiger partial charge in [0.1, 0.15) is 5.75 Å². The summed E-state index contributed by atoms with van der Waals surface area (Å²) in [5.41, 5.74) is 1.80. The fourth-order valence-electron chi connectivity index (χ4n) is 2.81. The maximum Gasteiger partial charge on any atom is 0.123 e. The number of rotatable bonds is 4. The maximum absolute atomic E-state index is 9.02. The molecule has 0 aliphatic carbocycles. The van der Waals surface area contributed by atoms with Crippen LogP contribution in [0.5, 0.6) is 5.75 Å². The van der Waals surface area contributed by atoms with E-state index in [1.165, 1.54) is 12.8 Å². The fourth-order valence-corrected chi connectivity index (χ4v) is 2.81. The van der Waals surface area contributed by atoms with Crippen molar-refractivity contribution in [1.82, 2.24) is 9.80 Å². The number of nitrogens with zero attached hydrogens (tertiary/aromatic N) is 3. The number of hydrogen-bond acceptors (Lipinski definition) is 4. The van der Waals surface area contributed by atoms with E-state index in [1.54, 1.807) is 13.2 Å². The molecular weight excluding hydrogens is 250 g/mol. The highest BCUT2D eigenvalue weighted by atomic mass is 16.5. The first-order valence-electron chi connectivity index (χ1n) is 7.10. The van der Waals surface area contributed by atoms with E-state index in [1.807, 2.05) is 12.1 Å². The Kier molecular flexibility index (Phi) is 4.99. The zero-order valence-electron chi connectivity index (χ0n) is 12.6. The van der Waals surface area contributed by atoms with Gasteiger partial charge in [0.2, 0.25) is 0 Å². The molecule has 1 aliphatic rings. The van der Waals surface area contributed by atoms with Gasteiger partial charge in [-0.2, -0.15) is 5.26 Å². The predicted molar refractivity (Wildman–Crippen MR) is 79.7 cm³/mol. The molecule has 0 amide bonds. The molecule has 0 radical (unpaired) electrons. The van der Waals surface area contributed by atoms with Gasteiger partial charge in [-0.25, -0.2) is 0 Å². The van der Waals surface area contributed by atoms with Crippen molar-refractivity contribution in [1.29, 1.82) is 5.26 Å². The van der Waals surface area contributed by atoms with Gasteiger partial charge < -0.3 is 9.64 Å². The second-order valence-electron chi connectivity index (χ2n) is 5.61. The van der Waals surface area contributed by atoms with Crippen molar-refractivity contribution >= 4 is 0 Å². The maximum atomic E-state index is 9.02. The lowest BCUT2D eigenvalue weighted by Gasteiger charge is -2.35. The van der Waals surface area contributed by atoms with Crippen molar-refractivity contribution in [3.8, 4) is 11.8 Å². The normalized spacial score (nSPS) is 17.1. The van der Waals surface area contributed by atoms with E-state index < -0.39 is 0 Å². The topological polar surface area (TPSA) is 39.5 Å². The Labute approximate surface area is 121 Å². The Morgan fingerprint density at radius 2 is 2.05 bits per heavy atom. The molecule has 0 aromatic heterocycles. The average molecular weight is 273 g/mol. The van der Waals surface area contributed by atoms with Crippen LogP contribution in [-0.2, 0) is 6.54 Å². The fraction of sp³-hybridized carbons (Fsp3) is 0.562. The number of ether oxygens (including phenoxy) is 1. The number of piperidine rings is 1. The van der Waals surface area contributed by atoms with Crippen LogP contribution in [0.4, 0.5) is 0 Å². The van der Waals surface area contributed by atoms with E-state index in [4.69, 9.17) is 10.00 Å². The largest absolute Gasteiger partial charge is 0.496 e. The first-order valence-corrected chi connectivity index (χ1v) is 7.10. The first-order chi connectivity index (χ1) is 9.63. The quantitative estimate of drug-likeness (QED) is 0.842. The Bertz CT molecular complexity index is 485. The third-order valence-electron chi connectivity index (χ3n) is 4.09. The SMILES string of the molecule is COc1ccc(C#N)cc1CN1CCC(N(C)C)CC1. The van der Waals surface area contributed by atoms with Crippen molar-refractivity contribution in [3.05, 3.63) is 29.3 Å². The first kappa shape index (κ1) is 14.8. The van der Waals surface area contributed by atoms with Crippen molar-refractivity contribution in [3.63, 3.8) is 0 Å². The number of methoxy groups -OCH3 is 1. The molecule has 1 saturated heterocycles. The molecular formula is C16H23N3O. The lowest BCUT2D eigenvalue weighted by atomic mass is 10.0. The summed E-state index contributed by atoms with van der Waals surface area (Å²) < 4.78 is 5.40. The molecule has 0 saturated carbocycles. The van der Waals surface area contributed by atoms with Crippen molar-refractivity contribution in [2.45, 2.75) is 25.4 Å². The standard InChI is InChI=1S/C16H23N3O/c1-18(2)15-6-8-19(9-7-15)12-14-10-13(11-17)4-5-16(14)20-3/h4-5,10,15H,6-9,12H2,1-3H3. The molecule has 4 heteroatoms. The average Bonchev–Trinajstić information content (AvgIpc) is 2.47. The molecule has 1 fully saturated rings. The third-order valence-corrected chi connectivity index (χ3v) is 4.09. The van der Waals surface area contributed by atoms with Crippen LogP contribution in [-0.4, -0.2) is 50.1 Å². The molecule has 108 valence electrons. The van der Waals surface area contributed by atoms with Crippen LogP contribution >= 0.6 is 0 Å². The second kappa shape index (κ2) is 6.74. The summed E-state index contributed by atoms with van der Waals surface area (Å²) in [5, 5.41) is 9.02. The number of likely N-dealkylation sites (tertiary alicyclic amines) is 1. The van der Waals surface area contributed by atoms with Crippen molar-refractivity contribution in [2.75, 3.05) is 34.3 Å². The minimum absolute atomic E-state index is 0.693. The minimum atomic E-state index is 0.693. The summed E-state index contributed by atoms with van der Waals surface area (Å²) >= 11 is 0. The predicted octanol–water partition coefficient (Wildman–Crippen LogP) is 2.09. The summed E-state index contributed by atoms with van der Waals surface area (Å²) in [6.45, 7) is 3.06. The van der Waals surface area contributed by atoms with Gasteiger partial charge in [0.15, 0.2) is 0 Å². The van der Waals surface area contributed by atoms with Gasteiger partial charge in [-0.3, -0.25) is 4.90 Å². The zero-order valence-corrected chi connectivity index (χ0v) is 12.6.